The summed E-state index contributed by atoms with van der Waals surface area (Å²) in [6.45, 7) is 0.661. The molecule has 2 N–H and O–H groups in total. The van der Waals surface area contributed by atoms with Crippen molar-refractivity contribution in [1.82, 2.24) is 10.6 Å². The van der Waals surface area contributed by atoms with Crippen LogP contribution in [0.1, 0.15) is 37.7 Å². The van der Waals surface area contributed by atoms with Gasteiger partial charge in [-0.05, 0) is 30.5 Å². The number of benzene rings is 1. The van der Waals surface area contributed by atoms with Crippen molar-refractivity contribution in [2.75, 3.05) is 12.3 Å². The van der Waals surface area contributed by atoms with Crippen molar-refractivity contribution in [3.8, 4) is 0 Å². The van der Waals surface area contributed by atoms with Gasteiger partial charge in [-0.25, -0.2) is 4.79 Å². The van der Waals surface area contributed by atoms with Crippen LogP contribution in [0, 0.1) is 0 Å². The molecule has 22 heavy (non-hydrogen) atoms. The molecule has 0 unspecified atom stereocenters. The summed E-state index contributed by atoms with van der Waals surface area (Å²) in [6, 6.07) is 5.86. The van der Waals surface area contributed by atoms with Crippen molar-refractivity contribution in [3.63, 3.8) is 0 Å². The Balaban J connectivity index is 1.57. The maximum atomic E-state index is 11.8. The van der Waals surface area contributed by atoms with E-state index in [4.69, 9.17) is 23.2 Å². The van der Waals surface area contributed by atoms with Gasteiger partial charge in [0.15, 0.2) is 0 Å². The fourth-order valence-electron chi connectivity index (χ4n) is 2.54. The monoisotopic (exact) mass is 360 g/mol. The van der Waals surface area contributed by atoms with E-state index in [1.54, 1.807) is 17.8 Å². The quantitative estimate of drug-likeness (QED) is 0.711. The van der Waals surface area contributed by atoms with Crippen molar-refractivity contribution in [1.29, 1.82) is 0 Å². The number of thioether (sulfide) groups is 1. The summed E-state index contributed by atoms with van der Waals surface area (Å²) in [5.41, 5.74) is 1.07. The zero-order chi connectivity index (χ0) is 15.8. The molecular formula is C16H22Cl2N2OS. The molecule has 6 heteroatoms. The average molecular weight is 361 g/mol. The predicted octanol–water partition coefficient (Wildman–Crippen LogP) is 4.86. The second-order valence-electron chi connectivity index (χ2n) is 5.52. The minimum Gasteiger partial charge on any atom is -0.337 e. The van der Waals surface area contributed by atoms with Crippen LogP contribution in [0.5, 0.6) is 0 Å². The summed E-state index contributed by atoms with van der Waals surface area (Å²) in [6.07, 6.45) is 5.96. The molecule has 0 spiro atoms. The predicted molar refractivity (Wildman–Crippen MR) is 96.0 cm³/mol. The van der Waals surface area contributed by atoms with E-state index in [2.05, 4.69) is 10.6 Å². The van der Waals surface area contributed by atoms with E-state index in [0.717, 1.165) is 29.9 Å². The average Bonchev–Trinajstić information content (AvgIpc) is 2.50. The molecule has 0 heterocycles. The molecule has 1 aliphatic rings. The zero-order valence-electron chi connectivity index (χ0n) is 12.5. The number of nitrogens with one attached hydrogen (secondary N) is 2. The van der Waals surface area contributed by atoms with Crippen LogP contribution in [-0.4, -0.2) is 24.4 Å². The third-order valence-electron chi connectivity index (χ3n) is 3.75. The number of hydrogen-bond donors (Lipinski definition) is 2. The number of urea groups is 1. The Bertz CT molecular complexity index is 493. The molecule has 0 atom stereocenters. The SMILES string of the molecule is O=C(NCCSCc1ccc(Cl)cc1Cl)NC1CCCCC1. The Labute approximate surface area is 146 Å². The number of halogens is 2. The molecule has 1 aromatic rings. The molecule has 3 nitrogen and oxygen atoms in total. The van der Waals surface area contributed by atoms with Crippen molar-refractivity contribution in [2.24, 2.45) is 0 Å². The maximum absolute atomic E-state index is 11.8. The fraction of sp³-hybridized carbons (Fsp3) is 0.562. The third kappa shape index (κ3) is 6.27. The molecule has 122 valence electrons. The molecule has 1 aliphatic carbocycles. The lowest BCUT2D eigenvalue weighted by Crippen LogP contribution is -2.43. The van der Waals surface area contributed by atoms with Gasteiger partial charge in [-0.15, -0.1) is 0 Å². The van der Waals surface area contributed by atoms with E-state index in [0.29, 0.717) is 22.6 Å². The number of carbonyl (C=O) groups excluding carboxylic acids is 1. The minimum absolute atomic E-state index is 0.0444. The fourth-order valence-corrected chi connectivity index (χ4v) is 3.96. The molecule has 0 radical (unpaired) electrons. The number of rotatable bonds is 6. The highest BCUT2D eigenvalue weighted by Crippen LogP contribution is 2.24. The first-order chi connectivity index (χ1) is 10.6. The molecule has 0 saturated heterocycles. The molecule has 2 amide bonds. The lowest BCUT2D eigenvalue weighted by atomic mass is 9.96. The van der Waals surface area contributed by atoms with Crippen LogP contribution in [0.25, 0.3) is 0 Å². The second-order valence-corrected chi connectivity index (χ2v) is 7.47. The van der Waals surface area contributed by atoms with Gasteiger partial charge in [0.25, 0.3) is 0 Å². The summed E-state index contributed by atoms with van der Waals surface area (Å²) in [4.78, 5) is 11.8. The van der Waals surface area contributed by atoms with Gasteiger partial charge >= 0.3 is 6.03 Å². The number of amides is 2. The first kappa shape index (κ1) is 17.8. The summed E-state index contributed by atoms with van der Waals surface area (Å²) in [5, 5.41) is 7.31. The topological polar surface area (TPSA) is 41.1 Å². The van der Waals surface area contributed by atoms with E-state index < -0.39 is 0 Å². The van der Waals surface area contributed by atoms with Crippen molar-refractivity contribution in [2.45, 2.75) is 43.9 Å². The van der Waals surface area contributed by atoms with Crippen molar-refractivity contribution in [3.05, 3.63) is 33.8 Å². The van der Waals surface area contributed by atoms with E-state index in [1.807, 2.05) is 12.1 Å². The van der Waals surface area contributed by atoms with Gasteiger partial charge in [-0.1, -0.05) is 48.5 Å². The molecule has 0 aliphatic heterocycles. The Hall–Kier alpha value is -0.580. The highest BCUT2D eigenvalue weighted by molar-refractivity contribution is 7.98. The number of carbonyl (C=O) groups is 1. The van der Waals surface area contributed by atoms with E-state index in [-0.39, 0.29) is 6.03 Å². The Kier molecular flexibility index (Phi) is 7.70. The van der Waals surface area contributed by atoms with Gasteiger partial charge in [-0.3, -0.25) is 0 Å². The van der Waals surface area contributed by atoms with Crippen LogP contribution in [0.2, 0.25) is 10.0 Å². The molecule has 1 aromatic carbocycles. The molecule has 1 saturated carbocycles. The molecule has 0 bridgehead atoms. The Morgan fingerprint density at radius 3 is 2.73 bits per heavy atom. The largest absolute Gasteiger partial charge is 0.337 e. The molecular weight excluding hydrogens is 339 g/mol. The first-order valence-corrected chi connectivity index (χ1v) is 9.62. The van der Waals surface area contributed by atoms with Crippen molar-refractivity contribution < 1.29 is 4.79 Å². The highest BCUT2D eigenvalue weighted by atomic mass is 35.5. The van der Waals surface area contributed by atoms with Crippen LogP contribution < -0.4 is 10.6 Å². The van der Waals surface area contributed by atoms with Crippen molar-refractivity contribution >= 4 is 41.0 Å². The summed E-state index contributed by atoms with van der Waals surface area (Å²) in [5.74, 6) is 1.68. The molecule has 1 fully saturated rings. The molecule has 0 aromatic heterocycles. The summed E-state index contributed by atoms with van der Waals surface area (Å²) < 4.78 is 0. The highest BCUT2D eigenvalue weighted by Gasteiger charge is 2.14. The molecule has 2 rings (SSSR count). The second kappa shape index (κ2) is 9.53. The van der Waals surface area contributed by atoms with Crippen LogP contribution >= 0.6 is 35.0 Å². The normalized spacial score (nSPS) is 15.5. The standard InChI is InChI=1S/C16H22Cl2N2OS/c17-13-7-6-12(15(18)10-13)11-22-9-8-19-16(21)20-14-4-2-1-3-5-14/h6-7,10,14H,1-5,8-9,11H2,(H2,19,20,21). The maximum Gasteiger partial charge on any atom is 0.315 e. The Morgan fingerprint density at radius 2 is 2.00 bits per heavy atom. The first-order valence-electron chi connectivity index (χ1n) is 7.71. The van der Waals surface area contributed by atoms with Crippen LogP contribution in [0.4, 0.5) is 4.79 Å². The summed E-state index contributed by atoms with van der Waals surface area (Å²) >= 11 is 13.7. The number of hydrogen-bond acceptors (Lipinski definition) is 2. The van der Waals surface area contributed by atoms with Gasteiger partial charge in [-0.2, -0.15) is 11.8 Å². The van der Waals surface area contributed by atoms with Gasteiger partial charge in [0, 0.05) is 34.1 Å². The lowest BCUT2D eigenvalue weighted by molar-refractivity contribution is 0.233. The van der Waals surface area contributed by atoms with Crippen LogP contribution in [0.15, 0.2) is 18.2 Å². The van der Waals surface area contributed by atoms with Crippen LogP contribution in [-0.2, 0) is 5.75 Å². The van der Waals surface area contributed by atoms with E-state index in [9.17, 15) is 4.79 Å². The minimum atomic E-state index is -0.0444. The van der Waals surface area contributed by atoms with Gasteiger partial charge in [0.1, 0.15) is 0 Å². The smallest absolute Gasteiger partial charge is 0.315 e. The van der Waals surface area contributed by atoms with Gasteiger partial charge in [0.05, 0.1) is 0 Å². The van der Waals surface area contributed by atoms with Crippen LogP contribution in [0.3, 0.4) is 0 Å². The Morgan fingerprint density at radius 1 is 1.23 bits per heavy atom. The van der Waals surface area contributed by atoms with Gasteiger partial charge in [0.2, 0.25) is 0 Å². The zero-order valence-corrected chi connectivity index (χ0v) is 14.9. The van der Waals surface area contributed by atoms with Gasteiger partial charge < -0.3 is 10.6 Å². The van der Waals surface area contributed by atoms with E-state index >= 15 is 0 Å². The van der Waals surface area contributed by atoms with E-state index in [1.165, 1.54) is 19.3 Å². The summed E-state index contributed by atoms with van der Waals surface area (Å²) in [7, 11) is 0. The third-order valence-corrected chi connectivity index (χ3v) is 5.34. The lowest BCUT2D eigenvalue weighted by Gasteiger charge is -2.22.